The summed E-state index contributed by atoms with van der Waals surface area (Å²) in [6, 6.07) is 23.8. The van der Waals surface area contributed by atoms with Crippen molar-refractivity contribution in [2.45, 2.75) is 54.4 Å². The van der Waals surface area contributed by atoms with Crippen LogP contribution in [0.5, 0.6) is 0 Å². The minimum atomic E-state index is 0.640. The van der Waals surface area contributed by atoms with E-state index in [-0.39, 0.29) is 0 Å². The molecule has 234 valence electrons. The molecule has 0 saturated carbocycles. The van der Waals surface area contributed by atoms with Gasteiger partial charge in [-0.05, 0) is 88.6 Å². The second kappa shape index (κ2) is 17.7. The number of fused-ring (bicyclic) bond motifs is 1. The highest BCUT2D eigenvalue weighted by molar-refractivity contribution is 5.89. The normalized spacial score (nSPS) is 18.9. The molecule has 3 aromatic carbocycles. The number of hydrogen-bond donors (Lipinski definition) is 1. The number of para-hydroxylation sites is 1. The summed E-state index contributed by atoms with van der Waals surface area (Å²) in [4.78, 5) is 2.49. The lowest BCUT2D eigenvalue weighted by molar-refractivity contribution is 0.780. The van der Waals surface area contributed by atoms with Gasteiger partial charge >= 0.3 is 0 Å². The van der Waals surface area contributed by atoms with Gasteiger partial charge in [-0.1, -0.05) is 139 Å². The number of benzene rings is 3. The van der Waals surface area contributed by atoms with Crippen LogP contribution < -0.4 is 10.2 Å². The van der Waals surface area contributed by atoms with Crippen LogP contribution in [-0.4, -0.2) is 13.6 Å². The molecule has 3 aliphatic rings. The Bertz CT molecular complexity index is 1590. The first-order valence-corrected chi connectivity index (χ1v) is 16.5. The highest BCUT2D eigenvalue weighted by atomic mass is 15.2. The van der Waals surface area contributed by atoms with E-state index in [1.807, 2.05) is 59.0 Å². The summed E-state index contributed by atoms with van der Waals surface area (Å²) in [5, 5.41) is 3.10. The maximum atomic E-state index is 4.27. The maximum absolute atomic E-state index is 4.27. The number of rotatable bonds is 4. The molecule has 0 bridgehead atoms. The monoisotopic (exact) mass is 596 g/mol. The number of allylic oxidation sites excluding steroid dienone is 11. The van der Waals surface area contributed by atoms with Gasteiger partial charge < -0.3 is 10.2 Å². The van der Waals surface area contributed by atoms with Gasteiger partial charge in [0.15, 0.2) is 0 Å². The molecule has 45 heavy (non-hydrogen) atoms. The molecule has 1 atom stereocenters. The number of aryl methyl sites for hydroxylation is 1. The average Bonchev–Trinajstić information content (AvgIpc) is 3.77. The van der Waals surface area contributed by atoms with E-state index in [9.17, 15) is 0 Å². The van der Waals surface area contributed by atoms with E-state index in [1.165, 1.54) is 40.2 Å². The standard InChI is InChI=1S/C31H29N.C8H11N.2C2H6/c1-4-27-29-13-7-5-6-10-20-32(31(27)29)26-17-14-24(15-18-26)25-16-19-28-22(2)11-8-9-12-23(3)30(28)21-25;1-7-5-3-4-6-8(7)9-2;2*1-2/h5-12,14-19,21,27H,2-4,13,20H2,1H3;3-6,9H,1-2H3;2*1-2H3/b7-5-,10-6-,11-8-,12-9-;;;. The molecule has 2 heteroatoms. The van der Waals surface area contributed by atoms with Crippen molar-refractivity contribution in [3.8, 4) is 11.1 Å². The Kier molecular flexibility index (Phi) is 13.7. The topological polar surface area (TPSA) is 15.3 Å². The van der Waals surface area contributed by atoms with Crippen LogP contribution >= 0.6 is 0 Å². The Balaban J connectivity index is 0.000000360. The summed E-state index contributed by atoms with van der Waals surface area (Å²) < 4.78 is 0. The van der Waals surface area contributed by atoms with E-state index in [1.54, 1.807) is 5.57 Å². The van der Waals surface area contributed by atoms with Gasteiger partial charge in [0.2, 0.25) is 0 Å². The van der Waals surface area contributed by atoms with Gasteiger partial charge in [0.05, 0.1) is 0 Å². The highest BCUT2D eigenvalue weighted by Gasteiger charge is 2.38. The maximum Gasteiger partial charge on any atom is 0.0412 e. The molecular weight excluding hydrogens is 544 g/mol. The third kappa shape index (κ3) is 8.76. The second-order valence-corrected chi connectivity index (χ2v) is 10.7. The third-order valence-corrected chi connectivity index (χ3v) is 8.05. The summed E-state index contributed by atoms with van der Waals surface area (Å²) in [5.74, 6) is 0.640. The Morgan fingerprint density at radius 2 is 1.38 bits per heavy atom. The van der Waals surface area contributed by atoms with Gasteiger partial charge in [-0.25, -0.2) is 0 Å². The van der Waals surface area contributed by atoms with E-state index < -0.39 is 0 Å². The minimum Gasteiger partial charge on any atom is -0.388 e. The van der Waals surface area contributed by atoms with Crippen LogP contribution in [-0.2, 0) is 0 Å². The number of nitrogens with one attached hydrogen (secondary N) is 1. The molecule has 1 unspecified atom stereocenters. The van der Waals surface area contributed by atoms with Crippen molar-refractivity contribution in [1.82, 2.24) is 0 Å². The SMILES string of the molecule is C=C1/C=C\C=C/C(=C)c2cc(-c3ccc(N4C/C=C\C=C/CC5=C4C5CC)cc3)ccc21.CC.CC.CNc1ccccc1C. The van der Waals surface area contributed by atoms with Gasteiger partial charge in [-0.15, -0.1) is 0 Å². The summed E-state index contributed by atoms with van der Waals surface area (Å²) in [7, 11) is 1.93. The van der Waals surface area contributed by atoms with Crippen molar-refractivity contribution in [3.63, 3.8) is 0 Å². The van der Waals surface area contributed by atoms with Crippen LogP contribution in [0.4, 0.5) is 11.4 Å². The quantitative estimate of drug-likeness (QED) is 0.322. The van der Waals surface area contributed by atoms with Crippen LogP contribution in [0, 0.1) is 12.8 Å². The Hall–Kier alpha value is -4.56. The van der Waals surface area contributed by atoms with Gasteiger partial charge in [0.25, 0.3) is 0 Å². The zero-order chi connectivity index (χ0) is 32.8. The number of nitrogens with zero attached hydrogens (tertiary/aromatic N) is 1. The van der Waals surface area contributed by atoms with E-state index in [0.29, 0.717) is 5.92 Å². The predicted molar refractivity (Wildman–Crippen MR) is 203 cm³/mol. The van der Waals surface area contributed by atoms with Gasteiger partial charge in [0, 0.05) is 36.6 Å². The predicted octanol–water partition coefficient (Wildman–Crippen LogP) is 12.2. The molecule has 0 aromatic heterocycles. The molecule has 2 aliphatic carbocycles. The van der Waals surface area contributed by atoms with Crippen molar-refractivity contribution >= 4 is 22.5 Å². The fraction of sp³-hybridized carbons (Fsp3) is 0.256. The summed E-state index contributed by atoms with van der Waals surface area (Å²) in [6.07, 6.45) is 19.3. The lowest BCUT2D eigenvalue weighted by Gasteiger charge is -2.22. The van der Waals surface area contributed by atoms with Crippen molar-refractivity contribution < 1.29 is 0 Å². The number of anilines is 2. The molecule has 1 aliphatic heterocycles. The van der Waals surface area contributed by atoms with E-state index in [0.717, 1.165) is 35.2 Å². The summed E-state index contributed by atoms with van der Waals surface area (Å²) >= 11 is 0. The zero-order valence-electron chi connectivity index (χ0n) is 28.5. The molecule has 6 rings (SSSR count). The molecule has 1 heterocycles. The zero-order valence-corrected chi connectivity index (χ0v) is 28.5. The van der Waals surface area contributed by atoms with Crippen molar-refractivity contribution in [1.29, 1.82) is 0 Å². The average molecular weight is 597 g/mol. The van der Waals surface area contributed by atoms with Crippen molar-refractivity contribution in [2.24, 2.45) is 5.92 Å². The van der Waals surface area contributed by atoms with Crippen molar-refractivity contribution in [2.75, 3.05) is 23.8 Å². The largest absolute Gasteiger partial charge is 0.388 e. The van der Waals surface area contributed by atoms with Crippen LogP contribution in [0.25, 0.3) is 22.3 Å². The Morgan fingerprint density at radius 3 is 2.00 bits per heavy atom. The summed E-state index contributed by atoms with van der Waals surface area (Å²) in [5.41, 5.74) is 13.6. The minimum absolute atomic E-state index is 0.640. The molecule has 0 radical (unpaired) electrons. The third-order valence-electron chi connectivity index (χ3n) is 8.05. The van der Waals surface area contributed by atoms with E-state index >= 15 is 0 Å². The molecule has 0 fully saturated rings. The van der Waals surface area contributed by atoms with Crippen molar-refractivity contribution in [3.05, 3.63) is 156 Å². The van der Waals surface area contributed by atoms with Crippen LogP contribution in [0.15, 0.2) is 140 Å². The van der Waals surface area contributed by atoms with Gasteiger partial charge in [-0.2, -0.15) is 0 Å². The molecule has 3 aromatic rings. The Morgan fingerprint density at radius 1 is 0.756 bits per heavy atom. The van der Waals surface area contributed by atoms with Crippen LogP contribution in [0.1, 0.15) is 64.2 Å². The molecule has 1 N–H and O–H groups in total. The first-order valence-electron chi connectivity index (χ1n) is 16.5. The lowest BCUT2D eigenvalue weighted by Crippen LogP contribution is -2.19. The molecule has 0 amide bonds. The highest BCUT2D eigenvalue weighted by Crippen LogP contribution is 2.48. The lowest BCUT2D eigenvalue weighted by atomic mass is 9.90. The van der Waals surface area contributed by atoms with Crippen LogP contribution in [0.3, 0.4) is 0 Å². The Labute approximate surface area is 273 Å². The van der Waals surface area contributed by atoms with Gasteiger partial charge in [-0.3, -0.25) is 0 Å². The molecule has 2 nitrogen and oxygen atoms in total. The molecule has 0 spiro atoms. The number of hydrogen-bond acceptors (Lipinski definition) is 2. The first-order chi connectivity index (χ1) is 22.0. The van der Waals surface area contributed by atoms with Crippen LogP contribution in [0.2, 0.25) is 0 Å². The van der Waals surface area contributed by atoms with E-state index in [2.05, 4.69) is 128 Å². The van der Waals surface area contributed by atoms with Gasteiger partial charge in [0.1, 0.15) is 0 Å². The second-order valence-electron chi connectivity index (χ2n) is 10.7. The smallest absolute Gasteiger partial charge is 0.0412 e. The van der Waals surface area contributed by atoms with E-state index in [4.69, 9.17) is 0 Å². The summed E-state index contributed by atoms with van der Waals surface area (Å²) in [6.45, 7) is 21.8. The fourth-order valence-corrected chi connectivity index (χ4v) is 5.69. The first kappa shape index (κ1) is 34.9. The fourth-order valence-electron chi connectivity index (χ4n) is 5.69. The molecular formula is C43H52N2. The molecule has 0 saturated heterocycles.